The number of hydrogen-bond donors (Lipinski definition) is 0. The SMILES string of the molecule is N#CCc1ncc(C(F)F)c(Cl)c1I. The van der Waals surface area contributed by atoms with Gasteiger partial charge in [-0.2, -0.15) is 5.26 Å². The Kier molecular flexibility index (Phi) is 4.01. The highest BCUT2D eigenvalue weighted by Gasteiger charge is 2.17. The second kappa shape index (κ2) is 4.84. The number of rotatable bonds is 2. The normalized spacial score (nSPS) is 10.3. The molecule has 0 aliphatic carbocycles. The molecule has 14 heavy (non-hydrogen) atoms. The molecule has 1 aromatic heterocycles. The first-order chi connectivity index (χ1) is 6.57. The molecule has 0 aromatic carbocycles. The van der Waals surface area contributed by atoms with Crippen molar-refractivity contribution in [1.82, 2.24) is 4.98 Å². The molecule has 0 aliphatic rings. The van der Waals surface area contributed by atoms with E-state index in [0.29, 0.717) is 9.26 Å². The second-order valence-corrected chi connectivity index (χ2v) is 3.88. The molecule has 0 aliphatic heterocycles. The maximum atomic E-state index is 12.3. The van der Waals surface area contributed by atoms with Crippen LogP contribution < -0.4 is 0 Å². The van der Waals surface area contributed by atoms with E-state index in [2.05, 4.69) is 4.98 Å². The zero-order chi connectivity index (χ0) is 10.7. The smallest absolute Gasteiger partial charge is 0.258 e. The van der Waals surface area contributed by atoms with Crippen LogP contribution in [0.15, 0.2) is 6.20 Å². The summed E-state index contributed by atoms with van der Waals surface area (Å²) < 4.78 is 25.1. The Balaban J connectivity index is 3.20. The predicted molar refractivity (Wildman–Crippen MR) is 56.2 cm³/mol. The fourth-order valence-corrected chi connectivity index (χ4v) is 1.75. The van der Waals surface area contributed by atoms with Crippen molar-refractivity contribution in [3.8, 4) is 6.07 Å². The van der Waals surface area contributed by atoms with Gasteiger partial charge in [0.2, 0.25) is 0 Å². The summed E-state index contributed by atoms with van der Waals surface area (Å²) in [6, 6.07) is 1.89. The summed E-state index contributed by atoms with van der Waals surface area (Å²) in [5.74, 6) is 0. The number of aromatic nitrogens is 1. The van der Waals surface area contributed by atoms with Gasteiger partial charge in [-0.1, -0.05) is 11.6 Å². The van der Waals surface area contributed by atoms with Crippen molar-refractivity contribution >= 4 is 34.2 Å². The van der Waals surface area contributed by atoms with E-state index in [-0.39, 0.29) is 17.0 Å². The zero-order valence-electron chi connectivity index (χ0n) is 6.77. The molecule has 0 atom stereocenters. The van der Waals surface area contributed by atoms with Gasteiger partial charge in [-0.15, -0.1) is 0 Å². The standard InChI is InChI=1S/C8H4ClF2IN2/c9-6-4(8(10)11)3-14-5(1-2-13)7(6)12/h3,8H,1H2. The third-order valence-electron chi connectivity index (χ3n) is 1.54. The van der Waals surface area contributed by atoms with Crippen molar-refractivity contribution in [2.75, 3.05) is 0 Å². The number of pyridine rings is 1. The maximum Gasteiger partial charge on any atom is 0.266 e. The molecule has 74 valence electrons. The highest BCUT2D eigenvalue weighted by molar-refractivity contribution is 14.1. The summed E-state index contributed by atoms with van der Waals surface area (Å²) in [4.78, 5) is 3.76. The van der Waals surface area contributed by atoms with Crippen molar-refractivity contribution in [3.63, 3.8) is 0 Å². The Morgan fingerprint density at radius 1 is 1.64 bits per heavy atom. The molecule has 0 unspecified atom stereocenters. The van der Waals surface area contributed by atoms with Crippen LogP contribution >= 0.6 is 34.2 Å². The van der Waals surface area contributed by atoms with Crippen molar-refractivity contribution in [3.05, 3.63) is 26.0 Å². The van der Waals surface area contributed by atoms with Crippen LogP contribution in [0.5, 0.6) is 0 Å². The molecule has 0 N–H and O–H groups in total. The number of nitrogens with zero attached hydrogens (tertiary/aromatic N) is 2. The van der Waals surface area contributed by atoms with Crippen molar-refractivity contribution in [2.45, 2.75) is 12.8 Å². The molecule has 0 fully saturated rings. The van der Waals surface area contributed by atoms with Gasteiger partial charge in [0, 0.05) is 6.20 Å². The van der Waals surface area contributed by atoms with Crippen LogP contribution in [-0.2, 0) is 6.42 Å². The van der Waals surface area contributed by atoms with Gasteiger partial charge in [-0.3, -0.25) is 4.98 Å². The minimum absolute atomic E-state index is 0.0131. The van der Waals surface area contributed by atoms with E-state index >= 15 is 0 Å². The van der Waals surface area contributed by atoms with Gasteiger partial charge in [0.05, 0.1) is 32.3 Å². The Morgan fingerprint density at radius 2 is 2.29 bits per heavy atom. The van der Waals surface area contributed by atoms with E-state index in [1.165, 1.54) is 0 Å². The predicted octanol–water partition coefficient (Wildman–Crippen LogP) is 3.34. The minimum Gasteiger partial charge on any atom is -0.258 e. The van der Waals surface area contributed by atoms with Crippen LogP contribution in [0.1, 0.15) is 17.7 Å². The van der Waals surface area contributed by atoms with E-state index in [1.807, 2.05) is 28.7 Å². The van der Waals surface area contributed by atoms with Gasteiger partial charge < -0.3 is 0 Å². The van der Waals surface area contributed by atoms with Crippen LogP contribution in [0.25, 0.3) is 0 Å². The second-order valence-electron chi connectivity index (χ2n) is 2.42. The highest BCUT2D eigenvalue weighted by Crippen LogP contribution is 2.31. The van der Waals surface area contributed by atoms with Crippen molar-refractivity contribution in [1.29, 1.82) is 5.26 Å². The molecule has 0 saturated carbocycles. The van der Waals surface area contributed by atoms with Gasteiger partial charge in [-0.05, 0) is 22.6 Å². The largest absolute Gasteiger partial charge is 0.266 e. The first kappa shape index (κ1) is 11.6. The quantitative estimate of drug-likeness (QED) is 0.781. The molecular formula is C8H4ClF2IN2. The van der Waals surface area contributed by atoms with E-state index in [0.717, 1.165) is 6.20 Å². The number of hydrogen-bond acceptors (Lipinski definition) is 2. The number of alkyl halides is 2. The summed E-state index contributed by atoms with van der Waals surface area (Å²) in [5, 5.41) is 8.42. The lowest BCUT2D eigenvalue weighted by molar-refractivity contribution is 0.151. The Bertz CT molecular complexity index is 390. The Hall–Kier alpha value is -0.480. The van der Waals surface area contributed by atoms with Crippen LogP contribution in [0.2, 0.25) is 5.02 Å². The third-order valence-corrected chi connectivity index (χ3v) is 3.43. The van der Waals surface area contributed by atoms with Crippen LogP contribution in [0, 0.1) is 14.9 Å². The Labute approximate surface area is 98.0 Å². The fourth-order valence-electron chi connectivity index (χ4n) is 0.864. The minimum atomic E-state index is -2.64. The molecule has 0 radical (unpaired) electrons. The lowest BCUT2D eigenvalue weighted by atomic mass is 10.2. The molecule has 1 aromatic rings. The monoisotopic (exact) mass is 328 g/mol. The molecule has 0 saturated heterocycles. The zero-order valence-corrected chi connectivity index (χ0v) is 9.68. The third kappa shape index (κ3) is 2.30. The number of nitriles is 1. The van der Waals surface area contributed by atoms with E-state index in [9.17, 15) is 8.78 Å². The van der Waals surface area contributed by atoms with E-state index in [4.69, 9.17) is 16.9 Å². The summed E-state index contributed by atoms with van der Waals surface area (Å²) in [5.41, 5.74) is 0.139. The van der Waals surface area contributed by atoms with Crippen LogP contribution in [0.3, 0.4) is 0 Å². The molecule has 1 rings (SSSR count). The van der Waals surface area contributed by atoms with Gasteiger partial charge in [0.15, 0.2) is 0 Å². The highest BCUT2D eigenvalue weighted by atomic mass is 127. The fraction of sp³-hybridized carbons (Fsp3) is 0.250. The lowest BCUT2D eigenvalue weighted by Crippen LogP contribution is -1.98. The molecule has 2 nitrogen and oxygen atoms in total. The first-order valence-corrected chi connectivity index (χ1v) is 5.01. The molecule has 0 bridgehead atoms. The van der Waals surface area contributed by atoms with Gasteiger partial charge >= 0.3 is 0 Å². The van der Waals surface area contributed by atoms with Gasteiger partial charge in [0.25, 0.3) is 6.43 Å². The van der Waals surface area contributed by atoms with Crippen molar-refractivity contribution < 1.29 is 8.78 Å². The summed E-state index contributed by atoms with van der Waals surface area (Å²) in [7, 11) is 0. The molecule has 6 heteroatoms. The maximum absolute atomic E-state index is 12.3. The Morgan fingerprint density at radius 3 is 2.79 bits per heavy atom. The average molecular weight is 328 g/mol. The summed E-state index contributed by atoms with van der Waals surface area (Å²) in [6.07, 6.45) is -1.55. The topological polar surface area (TPSA) is 36.7 Å². The van der Waals surface area contributed by atoms with E-state index in [1.54, 1.807) is 0 Å². The molecule has 0 spiro atoms. The van der Waals surface area contributed by atoms with Crippen molar-refractivity contribution in [2.24, 2.45) is 0 Å². The molecule has 0 amide bonds. The summed E-state index contributed by atoms with van der Waals surface area (Å²) in [6.45, 7) is 0. The van der Waals surface area contributed by atoms with E-state index < -0.39 is 6.43 Å². The van der Waals surface area contributed by atoms with Crippen LogP contribution in [0.4, 0.5) is 8.78 Å². The molecule has 1 heterocycles. The van der Waals surface area contributed by atoms with Gasteiger partial charge in [-0.25, -0.2) is 8.78 Å². The summed E-state index contributed by atoms with van der Waals surface area (Å²) >= 11 is 7.50. The molecular weight excluding hydrogens is 324 g/mol. The van der Waals surface area contributed by atoms with Crippen LogP contribution in [-0.4, -0.2) is 4.98 Å². The first-order valence-electron chi connectivity index (χ1n) is 3.55. The number of halogens is 4. The van der Waals surface area contributed by atoms with Gasteiger partial charge in [0.1, 0.15) is 0 Å². The lowest BCUT2D eigenvalue weighted by Gasteiger charge is -2.06. The average Bonchev–Trinajstić information content (AvgIpc) is 2.13.